The molecule has 3 heterocycles. The van der Waals surface area contributed by atoms with Crippen LogP contribution in [0.25, 0.3) is 0 Å². The molecular formula is C21H29ClN6O2. The molecule has 0 atom stereocenters. The van der Waals surface area contributed by atoms with Gasteiger partial charge in [0.15, 0.2) is 5.69 Å². The number of nitrogens with zero attached hydrogens (tertiary/aromatic N) is 5. The molecule has 0 saturated carbocycles. The molecule has 2 aliphatic rings. The molecule has 2 aliphatic heterocycles. The topological polar surface area (TPSA) is 83.4 Å². The maximum Gasteiger partial charge on any atom is 0.276 e. The van der Waals surface area contributed by atoms with E-state index in [1.807, 2.05) is 40.8 Å². The predicted molar refractivity (Wildman–Crippen MR) is 116 cm³/mol. The van der Waals surface area contributed by atoms with Gasteiger partial charge in [-0.2, -0.15) is 0 Å². The van der Waals surface area contributed by atoms with E-state index >= 15 is 0 Å². The van der Waals surface area contributed by atoms with Crippen molar-refractivity contribution in [2.45, 2.75) is 32.2 Å². The number of amides is 2. The van der Waals surface area contributed by atoms with Gasteiger partial charge in [-0.25, -0.2) is 4.68 Å². The molecule has 1 aromatic heterocycles. The zero-order valence-corrected chi connectivity index (χ0v) is 18.1. The molecule has 2 aromatic rings. The smallest absolute Gasteiger partial charge is 0.276 e. The highest BCUT2D eigenvalue weighted by atomic mass is 35.5. The molecule has 0 radical (unpaired) electrons. The van der Waals surface area contributed by atoms with Gasteiger partial charge < -0.3 is 15.1 Å². The lowest BCUT2D eigenvalue weighted by molar-refractivity contribution is -0.131. The van der Waals surface area contributed by atoms with Crippen molar-refractivity contribution in [1.82, 2.24) is 30.1 Å². The summed E-state index contributed by atoms with van der Waals surface area (Å²) in [4.78, 5) is 29.0. The van der Waals surface area contributed by atoms with Crippen LogP contribution in [0.4, 0.5) is 0 Å². The van der Waals surface area contributed by atoms with E-state index in [9.17, 15) is 9.59 Å². The van der Waals surface area contributed by atoms with Gasteiger partial charge in [-0.05, 0) is 38.4 Å². The average Bonchev–Trinajstić information content (AvgIpc) is 3.26. The van der Waals surface area contributed by atoms with Gasteiger partial charge in [-0.15, -0.1) is 17.5 Å². The fourth-order valence-electron chi connectivity index (χ4n) is 3.94. The van der Waals surface area contributed by atoms with Crippen molar-refractivity contribution in [2.75, 3.05) is 39.3 Å². The number of carbonyl (C=O) groups excluding carboxylic acids is 2. The Balaban J connectivity index is 0.00000256. The van der Waals surface area contributed by atoms with Crippen LogP contribution in [0.2, 0.25) is 0 Å². The summed E-state index contributed by atoms with van der Waals surface area (Å²) < 4.78 is 1.83. The van der Waals surface area contributed by atoms with Crippen molar-refractivity contribution in [3.63, 3.8) is 0 Å². The Bertz CT molecular complexity index is 855. The molecule has 2 amide bonds. The summed E-state index contributed by atoms with van der Waals surface area (Å²) in [5, 5.41) is 11.6. The third-order valence-electron chi connectivity index (χ3n) is 5.81. The second-order valence-corrected chi connectivity index (χ2v) is 7.90. The molecule has 0 bridgehead atoms. The van der Waals surface area contributed by atoms with E-state index in [1.165, 1.54) is 5.56 Å². The minimum atomic E-state index is -0.101. The number of hydrogen-bond donors (Lipinski definition) is 1. The summed E-state index contributed by atoms with van der Waals surface area (Å²) >= 11 is 0. The van der Waals surface area contributed by atoms with Gasteiger partial charge >= 0.3 is 0 Å². The van der Waals surface area contributed by atoms with Gasteiger partial charge in [0.25, 0.3) is 5.91 Å². The standard InChI is InChI=1S/C21H28N6O2.ClH/c1-16-2-4-17(5-3-16)14-20(28)25-10-12-26(13-11-25)21(29)19-15-27(24-23-19)18-6-8-22-9-7-18;/h2-5,15,18,22H,6-14H2,1H3;1H. The normalized spacial score (nSPS) is 17.5. The first-order chi connectivity index (χ1) is 14.1. The van der Waals surface area contributed by atoms with Crippen LogP contribution in [0.1, 0.15) is 40.5 Å². The van der Waals surface area contributed by atoms with Crippen LogP contribution in [0.3, 0.4) is 0 Å². The Kier molecular flexibility index (Phi) is 7.44. The van der Waals surface area contributed by atoms with Crippen LogP contribution in [0.15, 0.2) is 30.5 Å². The Labute approximate surface area is 183 Å². The minimum Gasteiger partial charge on any atom is -0.339 e. The summed E-state index contributed by atoms with van der Waals surface area (Å²) in [5.41, 5.74) is 2.60. The number of hydrogen-bond acceptors (Lipinski definition) is 5. The number of aromatic nitrogens is 3. The fourth-order valence-corrected chi connectivity index (χ4v) is 3.94. The van der Waals surface area contributed by atoms with E-state index in [1.54, 1.807) is 11.1 Å². The quantitative estimate of drug-likeness (QED) is 0.790. The zero-order chi connectivity index (χ0) is 20.2. The predicted octanol–water partition coefficient (Wildman–Crippen LogP) is 1.46. The zero-order valence-electron chi connectivity index (χ0n) is 17.3. The average molecular weight is 433 g/mol. The van der Waals surface area contributed by atoms with E-state index in [4.69, 9.17) is 0 Å². The van der Waals surface area contributed by atoms with E-state index in [0.29, 0.717) is 44.3 Å². The van der Waals surface area contributed by atoms with Crippen LogP contribution in [0, 0.1) is 6.92 Å². The number of piperidine rings is 1. The van der Waals surface area contributed by atoms with Gasteiger partial charge in [0, 0.05) is 26.2 Å². The van der Waals surface area contributed by atoms with Gasteiger partial charge in [-0.3, -0.25) is 9.59 Å². The lowest BCUT2D eigenvalue weighted by Crippen LogP contribution is -2.51. The number of rotatable bonds is 4. The molecule has 4 rings (SSSR count). The largest absolute Gasteiger partial charge is 0.339 e. The highest BCUT2D eigenvalue weighted by molar-refractivity contribution is 5.92. The first kappa shape index (κ1) is 22.2. The summed E-state index contributed by atoms with van der Waals surface area (Å²) in [7, 11) is 0. The Morgan fingerprint density at radius 1 is 1.03 bits per heavy atom. The van der Waals surface area contributed by atoms with E-state index in [2.05, 4.69) is 15.6 Å². The van der Waals surface area contributed by atoms with Crippen LogP contribution in [-0.4, -0.2) is 75.9 Å². The maximum atomic E-state index is 12.8. The molecule has 1 N–H and O–H groups in total. The molecule has 0 aliphatic carbocycles. The Morgan fingerprint density at radius 3 is 2.33 bits per heavy atom. The van der Waals surface area contributed by atoms with Crippen molar-refractivity contribution in [3.8, 4) is 0 Å². The first-order valence-corrected chi connectivity index (χ1v) is 10.4. The van der Waals surface area contributed by atoms with Crippen LogP contribution < -0.4 is 5.32 Å². The summed E-state index contributed by atoms with van der Waals surface area (Å²) in [5.74, 6) is 0.00798. The van der Waals surface area contributed by atoms with Crippen LogP contribution >= 0.6 is 12.4 Å². The highest BCUT2D eigenvalue weighted by Crippen LogP contribution is 2.18. The molecule has 30 heavy (non-hydrogen) atoms. The second-order valence-electron chi connectivity index (χ2n) is 7.90. The fraction of sp³-hybridized carbons (Fsp3) is 0.524. The number of aryl methyl sites for hydroxylation is 1. The van der Waals surface area contributed by atoms with E-state index < -0.39 is 0 Å². The molecule has 0 spiro atoms. The monoisotopic (exact) mass is 432 g/mol. The molecule has 2 saturated heterocycles. The highest BCUT2D eigenvalue weighted by Gasteiger charge is 2.27. The molecule has 8 nitrogen and oxygen atoms in total. The number of piperazine rings is 1. The third kappa shape index (κ3) is 5.17. The van der Waals surface area contributed by atoms with Crippen LogP contribution in [-0.2, 0) is 11.2 Å². The third-order valence-corrected chi connectivity index (χ3v) is 5.81. The van der Waals surface area contributed by atoms with E-state index in [0.717, 1.165) is 31.5 Å². The summed E-state index contributed by atoms with van der Waals surface area (Å²) in [6.07, 6.45) is 4.17. The number of carbonyl (C=O) groups is 2. The SMILES string of the molecule is Cc1ccc(CC(=O)N2CCN(C(=O)c3cn(C4CCNCC4)nn3)CC2)cc1.Cl. The molecule has 1 aromatic carbocycles. The van der Waals surface area contributed by atoms with Crippen molar-refractivity contribution >= 4 is 24.2 Å². The van der Waals surface area contributed by atoms with Crippen molar-refractivity contribution < 1.29 is 9.59 Å². The Morgan fingerprint density at radius 2 is 1.67 bits per heavy atom. The number of halogens is 1. The maximum absolute atomic E-state index is 12.8. The van der Waals surface area contributed by atoms with E-state index in [-0.39, 0.29) is 24.2 Å². The molecule has 9 heteroatoms. The van der Waals surface area contributed by atoms with Crippen LogP contribution in [0.5, 0.6) is 0 Å². The number of benzene rings is 1. The van der Waals surface area contributed by atoms with Gasteiger partial charge in [-0.1, -0.05) is 35.0 Å². The van der Waals surface area contributed by atoms with Gasteiger partial charge in [0.05, 0.1) is 18.7 Å². The minimum absolute atomic E-state index is 0. The molecule has 2 fully saturated rings. The summed E-state index contributed by atoms with van der Waals surface area (Å²) in [6, 6.07) is 8.35. The molecule has 162 valence electrons. The lowest BCUT2D eigenvalue weighted by atomic mass is 10.1. The Hall–Kier alpha value is -2.45. The van der Waals surface area contributed by atoms with Gasteiger partial charge in [0.1, 0.15) is 0 Å². The second kappa shape index (κ2) is 10.0. The number of nitrogens with one attached hydrogen (secondary N) is 1. The lowest BCUT2D eigenvalue weighted by Gasteiger charge is -2.34. The first-order valence-electron chi connectivity index (χ1n) is 10.4. The molecular weight excluding hydrogens is 404 g/mol. The van der Waals surface area contributed by atoms with Crippen molar-refractivity contribution in [3.05, 3.63) is 47.3 Å². The van der Waals surface area contributed by atoms with Crippen molar-refractivity contribution in [1.29, 1.82) is 0 Å². The molecule has 0 unspecified atom stereocenters. The van der Waals surface area contributed by atoms with Crippen molar-refractivity contribution in [2.24, 2.45) is 0 Å². The summed E-state index contributed by atoms with van der Waals surface area (Å²) in [6.45, 7) is 6.13. The van der Waals surface area contributed by atoms with Gasteiger partial charge in [0.2, 0.25) is 5.91 Å².